The summed E-state index contributed by atoms with van der Waals surface area (Å²) in [5.74, 6) is 0.250. The minimum atomic E-state index is 0.250. The van der Waals surface area contributed by atoms with Crippen LogP contribution in [0.5, 0.6) is 5.75 Å². The molecule has 0 aliphatic carbocycles. The number of aromatic hydroxyl groups is 1. The Bertz CT molecular complexity index is 831. The first-order chi connectivity index (χ1) is 10.2. The van der Waals surface area contributed by atoms with Crippen LogP contribution in [0.2, 0.25) is 0 Å². The summed E-state index contributed by atoms with van der Waals surface area (Å²) in [7, 11) is 0. The second kappa shape index (κ2) is 5.43. The van der Waals surface area contributed by atoms with Gasteiger partial charge in [0.25, 0.3) is 0 Å². The molecule has 3 N–H and O–H groups in total. The van der Waals surface area contributed by atoms with E-state index >= 15 is 0 Å². The van der Waals surface area contributed by atoms with Crippen LogP contribution in [0.15, 0.2) is 47.5 Å². The third-order valence-corrected chi connectivity index (χ3v) is 4.11. The first-order valence-electron chi connectivity index (χ1n) is 6.41. The van der Waals surface area contributed by atoms with Gasteiger partial charge in [-0.3, -0.25) is 0 Å². The Hall–Kier alpha value is -2.58. The molecule has 5 heteroatoms. The quantitative estimate of drug-likeness (QED) is 0.634. The van der Waals surface area contributed by atoms with E-state index in [0.29, 0.717) is 5.56 Å². The van der Waals surface area contributed by atoms with Crippen molar-refractivity contribution in [1.82, 2.24) is 4.98 Å². The molecule has 4 nitrogen and oxygen atoms in total. The molecule has 0 fully saturated rings. The molecule has 2 aromatic carbocycles. The van der Waals surface area contributed by atoms with Crippen LogP contribution in [0.4, 0.5) is 5.69 Å². The lowest BCUT2D eigenvalue weighted by Gasteiger charge is -2.08. The lowest BCUT2D eigenvalue weighted by molar-refractivity contribution is 0.475. The molecule has 3 rings (SSSR count). The number of fused-ring (bicyclic) bond motifs is 1. The molecule has 0 radical (unpaired) electrons. The number of aromatic nitrogens is 1. The van der Waals surface area contributed by atoms with Crippen molar-refractivity contribution in [2.75, 3.05) is 4.72 Å². The number of nitrogens with one attached hydrogen (secondary N) is 2. The molecule has 0 saturated carbocycles. The zero-order valence-corrected chi connectivity index (χ0v) is 12.2. The van der Waals surface area contributed by atoms with Gasteiger partial charge >= 0.3 is 0 Å². The van der Waals surface area contributed by atoms with E-state index in [9.17, 15) is 5.11 Å². The van der Waals surface area contributed by atoms with Gasteiger partial charge in [-0.25, -0.2) is 0 Å². The molecular formula is C16H13N3OS. The molecule has 0 atom stereocenters. The molecule has 0 unspecified atom stereocenters. The Morgan fingerprint density at radius 3 is 2.67 bits per heavy atom. The maximum Gasteiger partial charge on any atom is 0.115 e. The van der Waals surface area contributed by atoms with Crippen LogP contribution in [0.1, 0.15) is 11.1 Å². The first kappa shape index (κ1) is 13.4. The summed E-state index contributed by atoms with van der Waals surface area (Å²) in [5.41, 5.74) is 3.58. The summed E-state index contributed by atoms with van der Waals surface area (Å²) >= 11 is 1.46. The van der Waals surface area contributed by atoms with Crippen LogP contribution in [0.25, 0.3) is 10.9 Å². The first-order valence-corrected chi connectivity index (χ1v) is 7.23. The molecule has 104 valence electrons. The van der Waals surface area contributed by atoms with E-state index in [2.05, 4.69) is 15.8 Å². The van der Waals surface area contributed by atoms with Crippen LogP contribution in [-0.4, -0.2) is 10.1 Å². The van der Waals surface area contributed by atoms with Crippen molar-refractivity contribution in [3.8, 4) is 11.8 Å². The summed E-state index contributed by atoms with van der Waals surface area (Å²) in [4.78, 5) is 4.15. The molecule has 21 heavy (non-hydrogen) atoms. The average Bonchev–Trinajstić information content (AvgIpc) is 2.93. The summed E-state index contributed by atoms with van der Waals surface area (Å²) in [6.07, 6.45) is 1.73. The number of aromatic amines is 1. The van der Waals surface area contributed by atoms with Gasteiger partial charge in [0.15, 0.2) is 0 Å². The van der Waals surface area contributed by atoms with E-state index in [1.54, 1.807) is 18.3 Å². The highest BCUT2D eigenvalue weighted by atomic mass is 32.2. The summed E-state index contributed by atoms with van der Waals surface area (Å²) in [6, 6.07) is 13.2. The van der Waals surface area contributed by atoms with Gasteiger partial charge in [-0.2, -0.15) is 5.26 Å². The van der Waals surface area contributed by atoms with Crippen molar-refractivity contribution in [3.05, 3.63) is 53.7 Å². The molecule has 0 saturated heterocycles. The van der Waals surface area contributed by atoms with Gasteiger partial charge in [0.1, 0.15) is 11.8 Å². The van der Waals surface area contributed by atoms with Crippen molar-refractivity contribution >= 4 is 28.5 Å². The Balaban J connectivity index is 1.91. The van der Waals surface area contributed by atoms with Gasteiger partial charge in [0.2, 0.25) is 0 Å². The predicted molar refractivity (Wildman–Crippen MR) is 85.3 cm³/mol. The molecular weight excluding hydrogens is 282 g/mol. The van der Waals surface area contributed by atoms with Crippen LogP contribution in [-0.2, 0) is 0 Å². The highest BCUT2D eigenvalue weighted by molar-refractivity contribution is 8.00. The Kier molecular flexibility index (Phi) is 3.46. The Morgan fingerprint density at radius 1 is 1.19 bits per heavy atom. The zero-order chi connectivity index (χ0) is 14.8. The lowest BCUT2D eigenvalue weighted by atomic mass is 10.1. The molecule has 3 aromatic rings. The third kappa shape index (κ3) is 2.54. The van der Waals surface area contributed by atoms with Gasteiger partial charge < -0.3 is 14.8 Å². The highest BCUT2D eigenvalue weighted by Gasteiger charge is 2.10. The number of H-pyrrole nitrogens is 1. The van der Waals surface area contributed by atoms with E-state index in [1.807, 2.05) is 31.2 Å². The summed E-state index contributed by atoms with van der Waals surface area (Å²) in [6.45, 7) is 1.99. The van der Waals surface area contributed by atoms with E-state index in [0.717, 1.165) is 27.0 Å². The maximum absolute atomic E-state index is 9.28. The normalized spacial score (nSPS) is 10.5. The van der Waals surface area contributed by atoms with Crippen LogP contribution in [0.3, 0.4) is 0 Å². The van der Waals surface area contributed by atoms with Crippen molar-refractivity contribution in [1.29, 1.82) is 5.26 Å². The average molecular weight is 295 g/mol. The van der Waals surface area contributed by atoms with Crippen molar-refractivity contribution < 1.29 is 5.11 Å². The zero-order valence-electron chi connectivity index (χ0n) is 11.3. The van der Waals surface area contributed by atoms with Crippen LogP contribution < -0.4 is 4.72 Å². The fourth-order valence-electron chi connectivity index (χ4n) is 2.22. The standard InChI is InChI=1S/C16H13N3OS/c1-10-2-7-14(16-15(10)11(8-17)9-18-16)19-21-13-5-3-12(20)4-6-13/h2-7,9,18-20H,1H3. The second-order valence-electron chi connectivity index (χ2n) is 4.69. The van der Waals surface area contributed by atoms with E-state index in [1.165, 1.54) is 11.9 Å². The number of phenols is 1. The van der Waals surface area contributed by atoms with Gasteiger partial charge in [0, 0.05) is 16.5 Å². The second-order valence-corrected chi connectivity index (χ2v) is 5.57. The van der Waals surface area contributed by atoms with Crippen molar-refractivity contribution in [2.45, 2.75) is 11.8 Å². The van der Waals surface area contributed by atoms with Gasteiger partial charge in [-0.05, 0) is 54.8 Å². The van der Waals surface area contributed by atoms with Crippen LogP contribution >= 0.6 is 11.9 Å². The largest absolute Gasteiger partial charge is 0.508 e. The predicted octanol–water partition coefficient (Wildman–Crippen LogP) is 4.17. The van der Waals surface area contributed by atoms with Crippen LogP contribution in [0, 0.1) is 18.3 Å². The molecule has 1 aromatic heterocycles. The van der Waals surface area contributed by atoms with E-state index < -0.39 is 0 Å². The minimum Gasteiger partial charge on any atom is -0.508 e. The van der Waals surface area contributed by atoms with Crippen molar-refractivity contribution in [3.63, 3.8) is 0 Å². The number of hydrogen-bond acceptors (Lipinski definition) is 4. The molecule has 0 aliphatic rings. The summed E-state index contributed by atoms with van der Waals surface area (Å²) < 4.78 is 3.28. The Morgan fingerprint density at radius 2 is 1.95 bits per heavy atom. The summed E-state index contributed by atoms with van der Waals surface area (Å²) in [5, 5.41) is 19.4. The molecule has 0 aliphatic heterocycles. The lowest BCUT2D eigenvalue weighted by Crippen LogP contribution is -1.89. The van der Waals surface area contributed by atoms with Gasteiger partial charge in [-0.1, -0.05) is 6.07 Å². The number of nitrogens with zero attached hydrogens (tertiary/aromatic N) is 1. The van der Waals surface area contributed by atoms with Crippen molar-refractivity contribution in [2.24, 2.45) is 0 Å². The number of rotatable bonds is 3. The number of phenolic OH excluding ortho intramolecular Hbond substituents is 1. The SMILES string of the molecule is Cc1ccc(NSc2ccc(O)cc2)c2[nH]cc(C#N)c12. The number of aryl methyl sites for hydroxylation is 1. The third-order valence-electron chi connectivity index (χ3n) is 3.28. The monoisotopic (exact) mass is 295 g/mol. The van der Waals surface area contributed by atoms with E-state index in [-0.39, 0.29) is 5.75 Å². The van der Waals surface area contributed by atoms with Gasteiger partial charge in [0.05, 0.1) is 16.8 Å². The smallest absolute Gasteiger partial charge is 0.115 e. The highest BCUT2D eigenvalue weighted by Crippen LogP contribution is 2.31. The fourth-order valence-corrected chi connectivity index (χ4v) is 2.89. The number of benzene rings is 2. The fraction of sp³-hybridized carbons (Fsp3) is 0.0625. The molecule has 1 heterocycles. The number of hydrogen-bond donors (Lipinski definition) is 3. The Labute approximate surface area is 126 Å². The molecule has 0 amide bonds. The van der Waals surface area contributed by atoms with E-state index in [4.69, 9.17) is 5.26 Å². The minimum absolute atomic E-state index is 0.250. The topological polar surface area (TPSA) is 71.8 Å². The number of nitriles is 1. The number of anilines is 1. The molecule has 0 spiro atoms. The maximum atomic E-state index is 9.28. The van der Waals surface area contributed by atoms with Gasteiger partial charge in [-0.15, -0.1) is 0 Å². The molecule has 0 bridgehead atoms.